The Balaban J connectivity index is 1.97. The number of aromatic carboxylic acids is 1. The Hall–Kier alpha value is -2.45. The van der Waals surface area contributed by atoms with Gasteiger partial charge < -0.3 is 14.9 Å². The van der Waals surface area contributed by atoms with Crippen molar-refractivity contribution in [2.75, 3.05) is 26.7 Å². The molecule has 102 valence electrons. The fraction of sp³-hybridized carbons (Fsp3) is 0.500. The first kappa shape index (κ1) is 13.0. The summed E-state index contributed by atoms with van der Waals surface area (Å²) in [6, 6.07) is 0. The molecule has 0 saturated carbocycles. The third-order valence-electron chi connectivity index (χ3n) is 2.86. The van der Waals surface area contributed by atoms with E-state index in [-0.39, 0.29) is 30.6 Å². The molecule has 1 fully saturated rings. The predicted molar refractivity (Wildman–Crippen MR) is 61.2 cm³/mol. The molecular formula is C10H13N5O4. The molecule has 0 radical (unpaired) electrons. The summed E-state index contributed by atoms with van der Waals surface area (Å²) >= 11 is 0. The van der Waals surface area contributed by atoms with Crippen LogP contribution in [-0.4, -0.2) is 74.4 Å². The minimum Gasteiger partial charge on any atom is -0.476 e. The number of amides is 2. The number of likely N-dealkylation sites (N-methyl/N-ethyl adjacent to an activating group) is 1. The molecule has 9 heteroatoms. The first-order chi connectivity index (χ1) is 8.97. The van der Waals surface area contributed by atoms with Crippen LogP contribution in [-0.2, 0) is 16.1 Å². The molecule has 1 aliphatic rings. The Bertz CT molecular complexity index is 526. The summed E-state index contributed by atoms with van der Waals surface area (Å²) in [6.07, 6.45) is 1.18. The Labute approximate surface area is 108 Å². The lowest BCUT2D eigenvalue weighted by molar-refractivity contribution is -0.144. The average Bonchev–Trinajstić information content (AvgIpc) is 2.81. The number of aromatic nitrogens is 3. The first-order valence-electron chi connectivity index (χ1n) is 5.62. The van der Waals surface area contributed by atoms with E-state index >= 15 is 0 Å². The van der Waals surface area contributed by atoms with Gasteiger partial charge in [-0.1, -0.05) is 5.21 Å². The summed E-state index contributed by atoms with van der Waals surface area (Å²) in [5, 5.41) is 15.6. The zero-order chi connectivity index (χ0) is 14.0. The Morgan fingerprint density at radius 3 is 2.74 bits per heavy atom. The normalized spacial score (nSPS) is 15.7. The summed E-state index contributed by atoms with van der Waals surface area (Å²) in [4.78, 5) is 37.0. The van der Waals surface area contributed by atoms with Crippen LogP contribution in [0.4, 0.5) is 0 Å². The van der Waals surface area contributed by atoms with Crippen molar-refractivity contribution in [2.45, 2.75) is 6.54 Å². The van der Waals surface area contributed by atoms with Gasteiger partial charge in [-0.15, -0.1) is 5.10 Å². The van der Waals surface area contributed by atoms with Gasteiger partial charge in [0.1, 0.15) is 6.54 Å². The van der Waals surface area contributed by atoms with E-state index < -0.39 is 5.97 Å². The summed E-state index contributed by atoms with van der Waals surface area (Å²) < 4.78 is 1.15. The molecule has 0 spiro atoms. The smallest absolute Gasteiger partial charge is 0.358 e. The number of carboxylic acid groups (broad SMARTS) is 1. The second-order valence-electron chi connectivity index (χ2n) is 4.24. The van der Waals surface area contributed by atoms with Gasteiger partial charge in [0.15, 0.2) is 5.69 Å². The van der Waals surface area contributed by atoms with Crippen molar-refractivity contribution in [2.24, 2.45) is 0 Å². The van der Waals surface area contributed by atoms with E-state index in [9.17, 15) is 14.4 Å². The zero-order valence-electron chi connectivity index (χ0n) is 10.3. The van der Waals surface area contributed by atoms with E-state index in [1.807, 2.05) is 0 Å². The minimum atomic E-state index is -1.20. The van der Waals surface area contributed by atoms with Crippen LogP contribution in [0.2, 0.25) is 0 Å². The van der Waals surface area contributed by atoms with E-state index in [0.29, 0.717) is 13.1 Å². The van der Waals surface area contributed by atoms with Crippen LogP contribution in [0.25, 0.3) is 0 Å². The number of carbonyl (C=O) groups is 3. The van der Waals surface area contributed by atoms with Gasteiger partial charge in [0.25, 0.3) is 0 Å². The van der Waals surface area contributed by atoms with Crippen molar-refractivity contribution < 1.29 is 19.5 Å². The molecule has 0 unspecified atom stereocenters. The molecule has 1 saturated heterocycles. The maximum Gasteiger partial charge on any atom is 0.358 e. The van der Waals surface area contributed by atoms with Gasteiger partial charge in [0.2, 0.25) is 11.8 Å². The summed E-state index contributed by atoms with van der Waals surface area (Å²) in [5.41, 5.74) is -0.220. The van der Waals surface area contributed by atoms with Gasteiger partial charge in [-0.25, -0.2) is 9.48 Å². The maximum atomic E-state index is 11.9. The third-order valence-corrected chi connectivity index (χ3v) is 2.86. The molecule has 0 aliphatic carbocycles. The van der Waals surface area contributed by atoms with Gasteiger partial charge in [-0.2, -0.15) is 0 Å². The molecule has 19 heavy (non-hydrogen) atoms. The van der Waals surface area contributed by atoms with E-state index in [1.165, 1.54) is 11.1 Å². The van der Waals surface area contributed by atoms with Crippen molar-refractivity contribution in [1.82, 2.24) is 24.8 Å². The highest BCUT2D eigenvalue weighted by atomic mass is 16.4. The highest BCUT2D eigenvalue weighted by Gasteiger charge is 2.25. The molecule has 1 aliphatic heterocycles. The van der Waals surface area contributed by atoms with Gasteiger partial charge in [-0.3, -0.25) is 9.59 Å². The van der Waals surface area contributed by atoms with E-state index in [4.69, 9.17) is 5.11 Å². The van der Waals surface area contributed by atoms with Crippen LogP contribution < -0.4 is 0 Å². The van der Waals surface area contributed by atoms with Crippen LogP contribution in [0, 0.1) is 0 Å². The van der Waals surface area contributed by atoms with Crippen molar-refractivity contribution in [1.29, 1.82) is 0 Å². The molecule has 2 heterocycles. The van der Waals surface area contributed by atoms with E-state index in [1.54, 1.807) is 11.9 Å². The molecule has 2 rings (SSSR count). The first-order valence-corrected chi connectivity index (χ1v) is 5.62. The second-order valence-corrected chi connectivity index (χ2v) is 4.24. The molecule has 0 atom stereocenters. The number of hydrogen-bond donors (Lipinski definition) is 1. The number of hydrogen-bond acceptors (Lipinski definition) is 5. The van der Waals surface area contributed by atoms with Crippen molar-refractivity contribution in [3.8, 4) is 0 Å². The van der Waals surface area contributed by atoms with Crippen molar-refractivity contribution in [3.05, 3.63) is 11.9 Å². The standard InChI is InChI=1S/C10H13N5O4/c1-13-2-3-14(5-8(13)16)9(17)6-15-4-7(10(18)19)11-12-15/h4H,2-3,5-6H2,1H3,(H,18,19). The van der Waals surface area contributed by atoms with E-state index in [0.717, 1.165) is 4.68 Å². The SMILES string of the molecule is CN1CCN(C(=O)Cn2cc(C(=O)O)nn2)CC1=O. The Morgan fingerprint density at radius 1 is 1.42 bits per heavy atom. The highest BCUT2D eigenvalue weighted by Crippen LogP contribution is 2.03. The van der Waals surface area contributed by atoms with Crippen LogP contribution in [0.3, 0.4) is 0 Å². The average molecular weight is 267 g/mol. The zero-order valence-corrected chi connectivity index (χ0v) is 10.3. The quantitative estimate of drug-likeness (QED) is 0.697. The van der Waals surface area contributed by atoms with Gasteiger partial charge in [-0.05, 0) is 0 Å². The fourth-order valence-corrected chi connectivity index (χ4v) is 1.68. The summed E-state index contributed by atoms with van der Waals surface area (Å²) in [5.74, 6) is -1.61. The van der Waals surface area contributed by atoms with Crippen molar-refractivity contribution in [3.63, 3.8) is 0 Å². The predicted octanol–water partition coefficient (Wildman–Crippen LogP) is -1.72. The van der Waals surface area contributed by atoms with Crippen LogP contribution >= 0.6 is 0 Å². The summed E-state index contributed by atoms with van der Waals surface area (Å²) in [6.45, 7) is 0.858. The molecule has 1 N–H and O–H groups in total. The number of piperazine rings is 1. The Morgan fingerprint density at radius 2 is 2.16 bits per heavy atom. The highest BCUT2D eigenvalue weighted by molar-refractivity contribution is 5.86. The van der Waals surface area contributed by atoms with Crippen molar-refractivity contribution >= 4 is 17.8 Å². The maximum absolute atomic E-state index is 11.9. The summed E-state index contributed by atoms with van der Waals surface area (Å²) in [7, 11) is 1.68. The van der Waals surface area contributed by atoms with Crippen LogP contribution in [0.15, 0.2) is 6.20 Å². The van der Waals surface area contributed by atoms with Gasteiger partial charge >= 0.3 is 5.97 Å². The van der Waals surface area contributed by atoms with Gasteiger partial charge in [0, 0.05) is 20.1 Å². The second kappa shape index (κ2) is 5.04. The number of nitrogens with zero attached hydrogens (tertiary/aromatic N) is 5. The molecule has 2 amide bonds. The van der Waals surface area contributed by atoms with Gasteiger partial charge in [0.05, 0.1) is 12.7 Å². The van der Waals surface area contributed by atoms with E-state index in [2.05, 4.69) is 10.3 Å². The third kappa shape index (κ3) is 2.87. The molecule has 0 aromatic carbocycles. The lowest BCUT2D eigenvalue weighted by atomic mass is 10.3. The van der Waals surface area contributed by atoms with Crippen LogP contribution in [0.1, 0.15) is 10.5 Å². The van der Waals surface area contributed by atoms with Crippen LogP contribution in [0.5, 0.6) is 0 Å². The molecular weight excluding hydrogens is 254 g/mol. The monoisotopic (exact) mass is 267 g/mol. The fourth-order valence-electron chi connectivity index (χ4n) is 1.68. The number of rotatable bonds is 3. The number of carbonyl (C=O) groups excluding carboxylic acids is 2. The molecule has 1 aromatic heterocycles. The Kier molecular flexibility index (Phi) is 3.45. The number of carboxylic acids is 1. The lowest BCUT2D eigenvalue weighted by Crippen LogP contribution is -2.51. The minimum absolute atomic E-state index is 0.0375. The molecule has 9 nitrogen and oxygen atoms in total. The topological polar surface area (TPSA) is 109 Å². The molecule has 0 bridgehead atoms. The lowest BCUT2D eigenvalue weighted by Gasteiger charge is -2.31. The largest absolute Gasteiger partial charge is 0.476 e. The molecule has 1 aromatic rings.